The molecule has 100 valence electrons. The van der Waals surface area contributed by atoms with Crippen molar-refractivity contribution in [2.75, 3.05) is 12.8 Å². The van der Waals surface area contributed by atoms with Crippen LogP contribution < -0.4 is 10.5 Å². The Morgan fingerprint density at radius 1 is 1.05 bits per heavy atom. The lowest BCUT2D eigenvalue weighted by atomic mass is 10.0. The van der Waals surface area contributed by atoms with E-state index < -0.39 is 11.7 Å². The molecule has 2 N–H and O–H groups in total. The quantitative estimate of drug-likeness (QED) is 0.851. The van der Waals surface area contributed by atoms with Crippen molar-refractivity contribution < 1.29 is 17.9 Å². The molecule has 0 bridgehead atoms. The van der Waals surface area contributed by atoms with Crippen LogP contribution in [0.2, 0.25) is 0 Å². The number of aromatic nitrogens is 2. The molecular weight excluding hydrogens is 259 g/mol. The third-order valence-corrected chi connectivity index (χ3v) is 2.43. The van der Waals surface area contributed by atoms with Crippen LogP contribution in [0.1, 0.15) is 5.56 Å². The number of anilines is 1. The van der Waals surface area contributed by atoms with Crippen LogP contribution in [0.3, 0.4) is 0 Å². The summed E-state index contributed by atoms with van der Waals surface area (Å²) in [5.41, 5.74) is 5.44. The molecule has 0 unspecified atom stereocenters. The Morgan fingerprint density at radius 3 is 2.21 bits per heavy atom. The van der Waals surface area contributed by atoms with Gasteiger partial charge in [-0.2, -0.15) is 13.2 Å². The van der Waals surface area contributed by atoms with Crippen molar-refractivity contribution in [2.24, 2.45) is 0 Å². The van der Waals surface area contributed by atoms with E-state index in [4.69, 9.17) is 10.5 Å². The number of ether oxygens (including phenoxy) is 1. The van der Waals surface area contributed by atoms with Gasteiger partial charge < -0.3 is 10.5 Å². The Balaban J connectivity index is 2.46. The van der Waals surface area contributed by atoms with E-state index in [0.29, 0.717) is 11.1 Å². The van der Waals surface area contributed by atoms with Crippen LogP contribution in [0.5, 0.6) is 6.01 Å². The summed E-state index contributed by atoms with van der Waals surface area (Å²) in [6.45, 7) is 0. The summed E-state index contributed by atoms with van der Waals surface area (Å²) in [6.07, 6.45) is -1.70. The first-order valence-corrected chi connectivity index (χ1v) is 5.24. The number of nitrogens with two attached hydrogens (primary N) is 1. The third kappa shape index (κ3) is 2.93. The minimum Gasteiger partial charge on any atom is -0.467 e. The van der Waals surface area contributed by atoms with Gasteiger partial charge >= 0.3 is 12.2 Å². The van der Waals surface area contributed by atoms with Gasteiger partial charge in [-0.05, 0) is 23.8 Å². The van der Waals surface area contributed by atoms with E-state index >= 15 is 0 Å². The molecule has 0 fully saturated rings. The average Bonchev–Trinajstić information content (AvgIpc) is 2.37. The lowest BCUT2D eigenvalue weighted by Gasteiger charge is -2.10. The molecule has 2 aromatic rings. The molecule has 0 aliphatic rings. The molecule has 0 spiro atoms. The van der Waals surface area contributed by atoms with Crippen LogP contribution in [0, 0.1) is 0 Å². The highest BCUT2D eigenvalue weighted by Crippen LogP contribution is 2.33. The Morgan fingerprint density at radius 2 is 1.68 bits per heavy atom. The van der Waals surface area contributed by atoms with E-state index in [-0.39, 0.29) is 11.7 Å². The highest BCUT2D eigenvalue weighted by Gasteiger charge is 2.31. The first-order valence-electron chi connectivity index (χ1n) is 5.24. The van der Waals surface area contributed by atoms with Crippen molar-refractivity contribution >= 4 is 5.69 Å². The van der Waals surface area contributed by atoms with Gasteiger partial charge in [0.1, 0.15) is 0 Å². The molecule has 19 heavy (non-hydrogen) atoms. The van der Waals surface area contributed by atoms with Gasteiger partial charge in [0, 0.05) is 23.6 Å². The SMILES string of the molecule is COc1ncc(-c2cc(N)cc(C(F)(F)F)c2)cn1. The van der Waals surface area contributed by atoms with Crippen molar-refractivity contribution in [1.29, 1.82) is 0 Å². The van der Waals surface area contributed by atoms with Crippen molar-refractivity contribution in [3.8, 4) is 17.1 Å². The smallest absolute Gasteiger partial charge is 0.416 e. The normalized spacial score (nSPS) is 11.4. The molecular formula is C12H10F3N3O. The Bertz CT molecular complexity index is 582. The summed E-state index contributed by atoms with van der Waals surface area (Å²) in [5, 5.41) is 0. The van der Waals surface area contributed by atoms with Gasteiger partial charge in [-0.3, -0.25) is 0 Å². The van der Waals surface area contributed by atoms with E-state index in [1.54, 1.807) is 0 Å². The number of nitrogens with zero attached hydrogens (tertiary/aromatic N) is 2. The fraction of sp³-hybridized carbons (Fsp3) is 0.167. The van der Waals surface area contributed by atoms with Gasteiger partial charge in [-0.25, -0.2) is 9.97 Å². The van der Waals surface area contributed by atoms with Crippen molar-refractivity contribution in [3.05, 3.63) is 36.2 Å². The van der Waals surface area contributed by atoms with Gasteiger partial charge in [0.05, 0.1) is 12.7 Å². The summed E-state index contributed by atoms with van der Waals surface area (Å²) < 4.78 is 42.8. The molecule has 4 nitrogen and oxygen atoms in total. The predicted octanol–water partition coefficient (Wildman–Crippen LogP) is 2.75. The summed E-state index contributed by atoms with van der Waals surface area (Å²) in [6, 6.07) is 3.46. The van der Waals surface area contributed by atoms with Gasteiger partial charge in [-0.15, -0.1) is 0 Å². The van der Waals surface area contributed by atoms with E-state index in [2.05, 4.69) is 9.97 Å². The first-order chi connectivity index (χ1) is 8.90. The number of benzene rings is 1. The second-order valence-corrected chi connectivity index (χ2v) is 3.80. The predicted molar refractivity (Wildman–Crippen MR) is 63.4 cm³/mol. The van der Waals surface area contributed by atoms with Gasteiger partial charge in [0.25, 0.3) is 0 Å². The van der Waals surface area contributed by atoms with Crippen LogP contribution in [-0.2, 0) is 6.18 Å². The number of nitrogen functional groups attached to an aromatic ring is 1. The Hall–Kier alpha value is -2.31. The molecule has 7 heteroatoms. The molecule has 0 amide bonds. The molecule has 0 aliphatic carbocycles. The zero-order valence-electron chi connectivity index (χ0n) is 9.90. The Labute approximate surface area is 107 Å². The fourth-order valence-electron chi connectivity index (χ4n) is 1.55. The second-order valence-electron chi connectivity index (χ2n) is 3.80. The van der Waals surface area contributed by atoms with Crippen LogP contribution >= 0.6 is 0 Å². The Kier molecular flexibility index (Phi) is 3.28. The minimum atomic E-state index is -4.45. The van der Waals surface area contributed by atoms with E-state index in [0.717, 1.165) is 12.1 Å². The summed E-state index contributed by atoms with van der Waals surface area (Å²) >= 11 is 0. The highest BCUT2D eigenvalue weighted by atomic mass is 19.4. The molecule has 1 heterocycles. The average molecular weight is 269 g/mol. The second kappa shape index (κ2) is 4.75. The molecule has 2 rings (SSSR count). The van der Waals surface area contributed by atoms with Crippen molar-refractivity contribution in [1.82, 2.24) is 9.97 Å². The summed E-state index contributed by atoms with van der Waals surface area (Å²) in [4.78, 5) is 7.68. The fourth-order valence-corrected chi connectivity index (χ4v) is 1.55. The minimum absolute atomic E-state index is 0.0284. The largest absolute Gasteiger partial charge is 0.467 e. The van der Waals surface area contributed by atoms with E-state index in [9.17, 15) is 13.2 Å². The molecule has 0 aliphatic heterocycles. The molecule has 0 radical (unpaired) electrons. The highest BCUT2D eigenvalue weighted by molar-refractivity contribution is 5.67. The van der Waals surface area contributed by atoms with Crippen LogP contribution in [0.25, 0.3) is 11.1 Å². The monoisotopic (exact) mass is 269 g/mol. The van der Waals surface area contributed by atoms with Gasteiger partial charge in [0.2, 0.25) is 0 Å². The lowest BCUT2D eigenvalue weighted by molar-refractivity contribution is -0.137. The number of hydrogen-bond donors (Lipinski definition) is 1. The van der Waals surface area contributed by atoms with Gasteiger partial charge in [-0.1, -0.05) is 0 Å². The summed E-state index contributed by atoms with van der Waals surface area (Å²) in [5.74, 6) is 0. The number of hydrogen-bond acceptors (Lipinski definition) is 4. The number of halogens is 3. The maximum absolute atomic E-state index is 12.7. The number of rotatable bonds is 2. The third-order valence-electron chi connectivity index (χ3n) is 2.43. The van der Waals surface area contributed by atoms with Crippen LogP contribution in [0.15, 0.2) is 30.6 Å². The van der Waals surface area contributed by atoms with E-state index in [1.165, 1.54) is 25.6 Å². The molecule has 0 saturated heterocycles. The zero-order valence-corrected chi connectivity index (χ0v) is 9.90. The van der Waals surface area contributed by atoms with Crippen molar-refractivity contribution in [2.45, 2.75) is 6.18 Å². The number of alkyl halides is 3. The van der Waals surface area contributed by atoms with E-state index in [1.807, 2.05) is 0 Å². The van der Waals surface area contributed by atoms with Crippen LogP contribution in [0.4, 0.5) is 18.9 Å². The molecule has 1 aromatic carbocycles. The molecule has 0 atom stereocenters. The molecule has 0 saturated carbocycles. The number of methoxy groups -OCH3 is 1. The maximum atomic E-state index is 12.7. The maximum Gasteiger partial charge on any atom is 0.416 e. The van der Waals surface area contributed by atoms with Gasteiger partial charge in [0.15, 0.2) is 0 Å². The topological polar surface area (TPSA) is 61.0 Å². The zero-order chi connectivity index (χ0) is 14.0. The van der Waals surface area contributed by atoms with Crippen molar-refractivity contribution in [3.63, 3.8) is 0 Å². The first kappa shape index (κ1) is 13.1. The molecule has 1 aromatic heterocycles. The lowest BCUT2D eigenvalue weighted by Crippen LogP contribution is -2.06. The standard InChI is InChI=1S/C12H10F3N3O/c1-19-11-17-5-8(6-18-11)7-2-9(12(13,14)15)4-10(16)3-7/h2-6H,16H2,1H3. The summed E-state index contributed by atoms with van der Waals surface area (Å²) in [7, 11) is 1.40. The van der Waals surface area contributed by atoms with Crippen LogP contribution in [-0.4, -0.2) is 17.1 Å².